The van der Waals surface area contributed by atoms with Crippen molar-refractivity contribution in [3.8, 4) is 0 Å². The van der Waals surface area contributed by atoms with Gasteiger partial charge in [0.15, 0.2) is 0 Å². The summed E-state index contributed by atoms with van der Waals surface area (Å²) in [4.78, 5) is 25.5. The number of nitrogens with one attached hydrogen (secondary N) is 1. The molecule has 0 aliphatic carbocycles. The van der Waals surface area contributed by atoms with Gasteiger partial charge in [-0.25, -0.2) is 0 Å². The second kappa shape index (κ2) is 7.22. The first-order valence-corrected chi connectivity index (χ1v) is 7.10. The van der Waals surface area contributed by atoms with Crippen molar-refractivity contribution in [2.75, 3.05) is 19.4 Å². The fourth-order valence-corrected chi connectivity index (χ4v) is 1.80. The second-order valence-electron chi connectivity index (χ2n) is 5.89. The van der Waals surface area contributed by atoms with Crippen LogP contribution in [-0.2, 0) is 4.79 Å². The highest BCUT2D eigenvalue weighted by Gasteiger charge is 2.15. The summed E-state index contributed by atoms with van der Waals surface area (Å²) in [5.41, 5.74) is 8.03. The van der Waals surface area contributed by atoms with Crippen LogP contribution in [0, 0.1) is 12.8 Å². The maximum Gasteiger partial charge on any atom is 0.253 e. The molecule has 0 fully saturated rings. The van der Waals surface area contributed by atoms with Crippen LogP contribution in [-0.4, -0.2) is 36.9 Å². The number of carbonyl (C=O) groups excluding carboxylic acids is 2. The normalized spacial score (nSPS) is 12.1. The number of rotatable bonds is 5. The molecule has 1 aromatic rings. The first-order chi connectivity index (χ1) is 9.72. The molecule has 0 heterocycles. The van der Waals surface area contributed by atoms with E-state index in [1.807, 2.05) is 26.8 Å². The van der Waals surface area contributed by atoms with Gasteiger partial charge in [-0.2, -0.15) is 0 Å². The van der Waals surface area contributed by atoms with Crippen LogP contribution in [0.5, 0.6) is 0 Å². The van der Waals surface area contributed by atoms with Crippen molar-refractivity contribution in [1.82, 2.24) is 4.90 Å². The van der Waals surface area contributed by atoms with E-state index in [2.05, 4.69) is 5.32 Å². The average Bonchev–Trinajstić information content (AvgIpc) is 2.40. The van der Waals surface area contributed by atoms with E-state index in [9.17, 15) is 9.59 Å². The summed E-state index contributed by atoms with van der Waals surface area (Å²) in [6.45, 7) is 5.86. The Hall–Kier alpha value is -1.88. The molecule has 0 spiro atoms. The monoisotopic (exact) mass is 291 g/mol. The third-order valence-electron chi connectivity index (χ3n) is 3.44. The lowest BCUT2D eigenvalue weighted by molar-refractivity contribution is -0.116. The highest BCUT2D eigenvalue weighted by atomic mass is 16.2. The summed E-state index contributed by atoms with van der Waals surface area (Å²) in [5.74, 6) is 0.0247. The number of benzene rings is 1. The number of hydrogen-bond donors (Lipinski definition) is 2. The zero-order valence-corrected chi connectivity index (χ0v) is 13.4. The number of aryl methyl sites for hydroxylation is 1. The molecule has 1 aromatic carbocycles. The minimum absolute atomic E-state index is 0.0932. The molecule has 5 nitrogen and oxygen atoms in total. The van der Waals surface area contributed by atoms with Gasteiger partial charge < -0.3 is 16.0 Å². The summed E-state index contributed by atoms with van der Waals surface area (Å²) >= 11 is 0. The lowest BCUT2D eigenvalue weighted by Gasteiger charge is -2.17. The summed E-state index contributed by atoms with van der Waals surface area (Å²) in [7, 11) is 3.39. The molecule has 1 atom stereocenters. The van der Waals surface area contributed by atoms with Gasteiger partial charge in [0.25, 0.3) is 5.91 Å². The zero-order valence-electron chi connectivity index (χ0n) is 13.4. The maximum atomic E-state index is 12.0. The molecule has 2 amide bonds. The van der Waals surface area contributed by atoms with Crippen LogP contribution in [0.15, 0.2) is 18.2 Å². The van der Waals surface area contributed by atoms with Gasteiger partial charge in [-0.05, 0) is 30.5 Å². The van der Waals surface area contributed by atoms with Gasteiger partial charge in [0, 0.05) is 37.8 Å². The van der Waals surface area contributed by atoms with E-state index in [1.54, 1.807) is 26.2 Å². The van der Waals surface area contributed by atoms with Gasteiger partial charge >= 0.3 is 0 Å². The first-order valence-electron chi connectivity index (χ1n) is 7.10. The smallest absolute Gasteiger partial charge is 0.253 e. The molecule has 1 unspecified atom stereocenters. The van der Waals surface area contributed by atoms with Crippen LogP contribution in [0.4, 0.5) is 5.69 Å². The molecule has 0 aliphatic rings. The largest absolute Gasteiger partial charge is 0.345 e. The molecule has 5 heteroatoms. The Bertz CT molecular complexity index is 524. The standard InChI is InChI=1S/C16H25N3O2/c1-10(2)13(17)9-15(20)18-14-8-12(7-6-11(14)3)16(21)19(4)5/h6-8,10,13H,9,17H2,1-5H3,(H,18,20). The second-order valence-corrected chi connectivity index (χ2v) is 5.89. The van der Waals surface area contributed by atoms with Crippen LogP contribution < -0.4 is 11.1 Å². The Morgan fingerprint density at radius 1 is 1.29 bits per heavy atom. The Morgan fingerprint density at radius 3 is 2.43 bits per heavy atom. The van der Waals surface area contributed by atoms with Crippen molar-refractivity contribution in [3.63, 3.8) is 0 Å². The quantitative estimate of drug-likeness (QED) is 0.871. The fraction of sp³-hybridized carbons (Fsp3) is 0.500. The Labute approximate surface area is 126 Å². The number of amides is 2. The topological polar surface area (TPSA) is 75.4 Å². The highest BCUT2D eigenvalue weighted by molar-refractivity contribution is 5.97. The fourth-order valence-electron chi connectivity index (χ4n) is 1.80. The maximum absolute atomic E-state index is 12.0. The third-order valence-corrected chi connectivity index (χ3v) is 3.44. The van der Waals surface area contributed by atoms with Gasteiger partial charge in [0.05, 0.1) is 0 Å². The molecule has 0 aromatic heterocycles. The van der Waals surface area contributed by atoms with Crippen molar-refractivity contribution in [3.05, 3.63) is 29.3 Å². The molecule has 1 rings (SSSR count). The molecule has 3 N–H and O–H groups in total. The van der Waals surface area contributed by atoms with E-state index < -0.39 is 0 Å². The van der Waals surface area contributed by atoms with Crippen LogP contribution in [0.2, 0.25) is 0 Å². The van der Waals surface area contributed by atoms with Gasteiger partial charge in [-0.3, -0.25) is 9.59 Å². The minimum Gasteiger partial charge on any atom is -0.345 e. The summed E-state index contributed by atoms with van der Waals surface area (Å²) in [5, 5.41) is 2.84. The number of hydrogen-bond acceptors (Lipinski definition) is 3. The molecular formula is C16H25N3O2. The van der Waals surface area contributed by atoms with Gasteiger partial charge in [-0.15, -0.1) is 0 Å². The van der Waals surface area contributed by atoms with E-state index in [1.165, 1.54) is 4.90 Å². The van der Waals surface area contributed by atoms with E-state index in [-0.39, 0.29) is 30.2 Å². The van der Waals surface area contributed by atoms with Crippen molar-refractivity contribution in [1.29, 1.82) is 0 Å². The third kappa shape index (κ3) is 4.86. The molecule has 21 heavy (non-hydrogen) atoms. The number of anilines is 1. The van der Waals surface area contributed by atoms with Crippen LogP contribution in [0.3, 0.4) is 0 Å². The lowest BCUT2D eigenvalue weighted by Crippen LogP contribution is -2.31. The SMILES string of the molecule is Cc1ccc(C(=O)N(C)C)cc1NC(=O)CC(N)C(C)C. The van der Waals surface area contributed by atoms with E-state index >= 15 is 0 Å². The van der Waals surface area contributed by atoms with Gasteiger partial charge in [0.1, 0.15) is 0 Å². The van der Waals surface area contributed by atoms with Gasteiger partial charge in [-0.1, -0.05) is 19.9 Å². The molecule has 116 valence electrons. The molecule has 0 saturated heterocycles. The molecule has 0 bridgehead atoms. The van der Waals surface area contributed by atoms with Crippen molar-refractivity contribution >= 4 is 17.5 Å². The number of nitrogens with zero attached hydrogens (tertiary/aromatic N) is 1. The summed E-state index contributed by atoms with van der Waals surface area (Å²) < 4.78 is 0. The molecule has 0 aliphatic heterocycles. The van der Waals surface area contributed by atoms with Crippen LogP contribution >= 0.6 is 0 Å². The van der Waals surface area contributed by atoms with Crippen molar-refractivity contribution in [2.45, 2.75) is 33.2 Å². The molecule has 0 saturated carbocycles. The first kappa shape index (κ1) is 17.2. The van der Waals surface area contributed by atoms with Crippen molar-refractivity contribution < 1.29 is 9.59 Å². The predicted octanol–water partition coefficient (Wildman–Crippen LogP) is 2.01. The molecular weight excluding hydrogens is 266 g/mol. The van der Waals surface area contributed by atoms with E-state index in [0.29, 0.717) is 11.3 Å². The highest BCUT2D eigenvalue weighted by Crippen LogP contribution is 2.18. The number of carbonyl (C=O) groups is 2. The average molecular weight is 291 g/mol. The summed E-state index contributed by atoms with van der Waals surface area (Å²) in [6.07, 6.45) is 0.267. The minimum atomic E-state index is -0.170. The zero-order chi connectivity index (χ0) is 16.2. The lowest BCUT2D eigenvalue weighted by atomic mass is 10.0. The van der Waals surface area contributed by atoms with E-state index in [4.69, 9.17) is 5.73 Å². The van der Waals surface area contributed by atoms with Gasteiger partial charge in [0.2, 0.25) is 5.91 Å². The Morgan fingerprint density at radius 2 is 1.90 bits per heavy atom. The van der Waals surface area contributed by atoms with E-state index in [0.717, 1.165) is 5.56 Å². The van der Waals surface area contributed by atoms with Crippen LogP contribution in [0.1, 0.15) is 36.2 Å². The van der Waals surface area contributed by atoms with Crippen molar-refractivity contribution in [2.24, 2.45) is 11.7 Å². The Kier molecular flexibility index (Phi) is 5.90. The molecule has 0 radical (unpaired) electrons. The Balaban J connectivity index is 2.85. The predicted molar refractivity (Wildman–Crippen MR) is 85.3 cm³/mol. The number of nitrogens with two attached hydrogens (primary N) is 1. The summed E-state index contributed by atoms with van der Waals surface area (Å²) in [6, 6.07) is 5.12. The van der Waals surface area contributed by atoms with Crippen LogP contribution in [0.25, 0.3) is 0 Å².